The van der Waals surface area contributed by atoms with Crippen LogP contribution in [-0.2, 0) is 31.4 Å². The van der Waals surface area contributed by atoms with Crippen LogP contribution in [0.3, 0.4) is 0 Å². The molecule has 2 aromatic carbocycles. The molecular weight excluding hydrogens is 386 g/mol. The van der Waals surface area contributed by atoms with Crippen molar-refractivity contribution in [2.24, 2.45) is 13.0 Å². The summed E-state index contributed by atoms with van der Waals surface area (Å²) in [5, 5.41) is 4.38. The molecule has 0 atom stereocenters. The first-order valence-electron chi connectivity index (χ1n) is 11.3. The lowest BCUT2D eigenvalue weighted by Crippen LogP contribution is -2.40. The zero-order chi connectivity index (χ0) is 21.8. The highest BCUT2D eigenvalue weighted by Gasteiger charge is 2.25. The van der Waals surface area contributed by atoms with Gasteiger partial charge in [-0.3, -0.25) is 9.69 Å². The van der Waals surface area contributed by atoms with Crippen LogP contribution in [0.2, 0.25) is 0 Å². The average molecular weight is 420 g/mol. The Labute approximate surface area is 185 Å². The summed E-state index contributed by atoms with van der Waals surface area (Å²) in [6, 6.07) is 14.8. The molecule has 1 saturated heterocycles. The summed E-state index contributed by atoms with van der Waals surface area (Å²) in [5.74, 6) is 1.19. The van der Waals surface area contributed by atoms with Gasteiger partial charge in [-0.15, -0.1) is 0 Å². The third kappa shape index (κ3) is 4.93. The second-order valence-corrected chi connectivity index (χ2v) is 8.59. The quantitative estimate of drug-likeness (QED) is 0.622. The molecule has 0 aliphatic carbocycles. The van der Waals surface area contributed by atoms with Gasteiger partial charge in [0.05, 0.1) is 7.11 Å². The molecule has 2 heterocycles. The van der Waals surface area contributed by atoms with Gasteiger partial charge in [0, 0.05) is 43.2 Å². The lowest BCUT2D eigenvalue weighted by atomic mass is 9.95. The number of amides is 1. The molecule has 0 radical (unpaired) electrons. The lowest BCUT2D eigenvalue weighted by Gasteiger charge is -2.31. The topological polar surface area (TPSA) is 46.5 Å². The smallest absolute Gasteiger partial charge is 0.223 e. The van der Waals surface area contributed by atoms with Gasteiger partial charge in [0.25, 0.3) is 0 Å². The van der Waals surface area contributed by atoms with Crippen molar-refractivity contribution >= 4 is 16.8 Å². The van der Waals surface area contributed by atoms with Gasteiger partial charge in [-0.1, -0.05) is 31.2 Å². The molecule has 0 saturated carbocycles. The van der Waals surface area contributed by atoms with Gasteiger partial charge in [0.1, 0.15) is 5.75 Å². The number of fused-ring (bicyclic) bond motifs is 1. The Balaban J connectivity index is 1.30. The number of piperidine rings is 1. The molecule has 1 amide bonds. The molecule has 31 heavy (non-hydrogen) atoms. The SMILES string of the molecule is CCc1ccc(CNC(=O)C2CCN(Cc3cn(C)c4ccc(OC)cc34)CC2)cc1. The van der Waals surface area contributed by atoms with Gasteiger partial charge in [-0.2, -0.15) is 0 Å². The summed E-state index contributed by atoms with van der Waals surface area (Å²) in [7, 11) is 3.80. The minimum absolute atomic E-state index is 0.110. The predicted molar refractivity (Wildman–Crippen MR) is 125 cm³/mol. The Morgan fingerprint density at radius 2 is 1.81 bits per heavy atom. The van der Waals surface area contributed by atoms with Crippen molar-refractivity contribution in [3.8, 4) is 5.75 Å². The fourth-order valence-electron chi connectivity index (χ4n) is 4.53. The van der Waals surface area contributed by atoms with E-state index in [1.165, 1.54) is 22.0 Å². The number of aromatic nitrogens is 1. The van der Waals surface area contributed by atoms with E-state index in [2.05, 4.69) is 71.4 Å². The van der Waals surface area contributed by atoms with Gasteiger partial charge in [0.15, 0.2) is 0 Å². The number of methoxy groups -OCH3 is 1. The van der Waals surface area contributed by atoms with Crippen LogP contribution in [-0.4, -0.2) is 35.6 Å². The number of aryl methyl sites for hydroxylation is 2. The molecule has 4 rings (SSSR count). The largest absolute Gasteiger partial charge is 0.497 e. The molecule has 0 unspecified atom stereocenters. The summed E-state index contributed by atoms with van der Waals surface area (Å²) >= 11 is 0. The van der Waals surface area contributed by atoms with Crippen molar-refractivity contribution in [2.75, 3.05) is 20.2 Å². The first kappa shape index (κ1) is 21.4. The molecule has 1 fully saturated rings. The second-order valence-electron chi connectivity index (χ2n) is 8.59. The third-order valence-electron chi connectivity index (χ3n) is 6.53. The Bertz CT molecular complexity index is 1030. The number of hydrogen-bond acceptors (Lipinski definition) is 3. The Kier molecular flexibility index (Phi) is 6.62. The number of nitrogens with one attached hydrogen (secondary N) is 1. The summed E-state index contributed by atoms with van der Waals surface area (Å²) in [5.41, 5.74) is 5.02. The van der Waals surface area contributed by atoms with Gasteiger partial charge in [-0.25, -0.2) is 0 Å². The first-order chi connectivity index (χ1) is 15.1. The highest BCUT2D eigenvalue weighted by molar-refractivity contribution is 5.85. The maximum absolute atomic E-state index is 12.7. The van der Waals surface area contributed by atoms with E-state index >= 15 is 0 Å². The Hall–Kier alpha value is -2.79. The zero-order valence-corrected chi connectivity index (χ0v) is 18.9. The highest BCUT2D eigenvalue weighted by Crippen LogP contribution is 2.28. The van der Waals surface area contributed by atoms with Crippen LogP contribution in [0.15, 0.2) is 48.7 Å². The first-order valence-corrected chi connectivity index (χ1v) is 11.3. The van der Waals surface area contributed by atoms with E-state index in [9.17, 15) is 4.79 Å². The Morgan fingerprint density at radius 3 is 2.48 bits per heavy atom. The molecular formula is C26H33N3O2. The number of carbonyl (C=O) groups excluding carboxylic acids is 1. The monoisotopic (exact) mass is 419 g/mol. The van der Waals surface area contributed by atoms with Crippen LogP contribution in [0, 0.1) is 5.92 Å². The molecule has 1 aromatic heterocycles. The number of nitrogens with zero attached hydrogens (tertiary/aromatic N) is 2. The Morgan fingerprint density at radius 1 is 1.10 bits per heavy atom. The van der Waals surface area contributed by atoms with E-state index < -0.39 is 0 Å². The molecule has 0 spiro atoms. The van der Waals surface area contributed by atoms with E-state index in [4.69, 9.17) is 4.74 Å². The molecule has 5 heteroatoms. The van der Waals surface area contributed by atoms with Crippen LogP contribution in [0.25, 0.3) is 10.9 Å². The van der Waals surface area contributed by atoms with Crippen molar-refractivity contribution in [1.29, 1.82) is 0 Å². The molecule has 164 valence electrons. The summed E-state index contributed by atoms with van der Waals surface area (Å²) in [6.07, 6.45) is 5.08. The summed E-state index contributed by atoms with van der Waals surface area (Å²) in [4.78, 5) is 15.1. The molecule has 1 N–H and O–H groups in total. The number of benzene rings is 2. The summed E-state index contributed by atoms with van der Waals surface area (Å²) < 4.78 is 7.59. The van der Waals surface area contributed by atoms with Crippen LogP contribution >= 0.6 is 0 Å². The zero-order valence-electron chi connectivity index (χ0n) is 18.9. The minimum Gasteiger partial charge on any atom is -0.497 e. The highest BCUT2D eigenvalue weighted by atomic mass is 16.5. The fourth-order valence-corrected chi connectivity index (χ4v) is 4.53. The normalized spacial score (nSPS) is 15.3. The maximum atomic E-state index is 12.7. The van der Waals surface area contributed by atoms with Gasteiger partial charge >= 0.3 is 0 Å². The minimum atomic E-state index is 0.110. The molecule has 3 aromatic rings. The van der Waals surface area contributed by atoms with Crippen LogP contribution in [0.5, 0.6) is 5.75 Å². The van der Waals surface area contributed by atoms with Gasteiger partial charge < -0.3 is 14.6 Å². The number of hydrogen-bond donors (Lipinski definition) is 1. The molecule has 1 aliphatic rings. The van der Waals surface area contributed by atoms with Crippen molar-refractivity contribution in [1.82, 2.24) is 14.8 Å². The molecule has 0 bridgehead atoms. The van der Waals surface area contributed by atoms with E-state index in [0.29, 0.717) is 6.54 Å². The number of rotatable bonds is 7. The van der Waals surface area contributed by atoms with Crippen molar-refractivity contribution < 1.29 is 9.53 Å². The van der Waals surface area contributed by atoms with Crippen LogP contribution < -0.4 is 10.1 Å². The molecule has 5 nitrogen and oxygen atoms in total. The molecule has 1 aliphatic heterocycles. The van der Waals surface area contributed by atoms with Crippen molar-refractivity contribution in [3.05, 3.63) is 65.4 Å². The van der Waals surface area contributed by atoms with Crippen molar-refractivity contribution in [2.45, 2.75) is 39.3 Å². The van der Waals surface area contributed by atoms with E-state index in [-0.39, 0.29) is 11.8 Å². The second kappa shape index (κ2) is 9.56. The van der Waals surface area contributed by atoms with E-state index in [1.54, 1.807) is 7.11 Å². The number of ether oxygens (including phenoxy) is 1. The summed E-state index contributed by atoms with van der Waals surface area (Å²) in [6.45, 7) is 5.57. The van der Waals surface area contributed by atoms with Gasteiger partial charge in [-0.05, 0) is 67.2 Å². The lowest BCUT2D eigenvalue weighted by molar-refractivity contribution is -0.126. The van der Waals surface area contributed by atoms with E-state index in [1.807, 2.05) is 6.07 Å². The fraction of sp³-hybridized carbons (Fsp3) is 0.423. The van der Waals surface area contributed by atoms with Gasteiger partial charge in [0.2, 0.25) is 5.91 Å². The maximum Gasteiger partial charge on any atom is 0.223 e. The number of carbonyl (C=O) groups is 1. The van der Waals surface area contributed by atoms with Crippen LogP contribution in [0.4, 0.5) is 0 Å². The van der Waals surface area contributed by atoms with Crippen LogP contribution in [0.1, 0.15) is 36.5 Å². The third-order valence-corrected chi connectivity index (χ3v) is 6.53. The average Bonchev–Trinajstić information content (AvgIpc) is 3.12. The predicted octanol–water partition coefficient (Wildman–Crippen LogP) is 4.28. The number of likely N-dealkylation sites (tertiary alicyclic amines) is 1. The van der Waals surface area contributed by atoms with Crippen molar-refractivity contribution in [3.63, 3.8) is 0 Å². The van der Waals surface area contributed by atoms with E-state index in [0.717, 1.165) is 50.2 Å². The standard InChI is InChI=1S/C26H33N3O2/c1-4-19-5-7-20(8-6-19)16-27-26(30)21-11-13-29(14-12-21)18-22-17-28(2)25-10-9-23(31-3)15-24(22)25/h5-10,15,17,21H,4,11-14,16,18H2,1-3H3,(H,27,30).